The quantitative estimate of drug-likeness (QED) is 0.393. The van der Waals surface area contributed by atoms with Gasteiger partial charge in [-0.05, 0) is 36.6 Å². The molecule has 0 radical (unpaired) electrons. The fourth-order valence-electron chi connectivity index (χ4n) is 2.83. The minimum absolute atomic E-state index is 0.0860. The van der Waals surface area contributed by atoms with E-state index < -0.39 is 6.10 Å². The zero-order chi connectivity index (χ0) is 20.2. The van der Waals surface area contributed by atoms with E-state index in [0.717, 1.165) is 24.1 Å². The molecule has 0 aliphatic heterocycles. The maximum Gasteiger partial charge on any atom is 0.251 e. The SMILES string of the molecule is CCNC(=NCC(O)Cc1ccccc1)NCCc1cccc(C(=O)NC)c1. The van der Waals surface area contributed by atoms with Gasteiger partial charge in [-0.2, -0.15) is 0 Å². The number of benzene rings is 2. The number of guanidine groups is 1. The van der Waals surface area contributed by atoms with Crippen molar-refractivity contribution in [2.24, 2.45) is 4.99 Å². The highest BCUT2D eigenvalue weighted by molar-refractivity contribution is 5.94. The lowest BCUT2D eigenvalue weighted by molar-refractivity contribution is 0.0963. The highest BCUT2D eigenvalue weighted by Crippen LogP contribution is 2.06. The van der Waals surface area contributed by atoms with E-state index in [1.54, 1.807) is 13.1 Å². The number of hydrogen-bond donors (Lipinski definition) is 4. The van der Waals surface area contributed by atoms with Crippen LogP contribution in [0.25, 0.3) is 0 Å². The first kappa shape index (κ1) is 21.4. The average Bonchev–Trinajstić information content (AvgIpc) is 2.72. The normalized spacial score (nSPS) is 12.3. The van der Waals surface area contributed by atoms with Gasteiger partial charge in [0.15, 0.2) is 5.96 Å². The van der Waals surface area contributed by atoms with Gasteiger partial charge in [-0.3, -0.25) is 9.79 Å². The molecule has 28 heavy (non-hydrogen) atoms. The second kappa shape index (κ2) is 11.8. The lowest BCUT2D eigenvalue weighted by Crippen LogP contribution is -2.39. The minimum Gasteiger partial charge on any atom is -0.391 e. The predicted molar refractivity (Wildman–Crippen MR) is 114 cm³/mol. The Balaban J connectivity index is 1.85. The maximum atomic E-state index is 11.7. The van der Waals surface area contributed by atoms with Gasteiger partial charge in [0.1, 0.15) is 0 Å². The molecule has 1 unspecified atom stereocenters. The Morgan fingerprint density at radius 3 is 2.54 bits per heavy atom. The van der Waals surface area contributed by atoms with Gasteiger partial charge in [0.25, 0.3) is 5.91 Å². The second-order valence-electron chi connectivity index (χ2n) is 6.52. The third kappa shape index (κ3) is 7.40. The summed E-state index contributed by atoms with van der Waals surface area (Å²) in [6.45, 7) is 3.76. The molecule has 0 aliphatic rings. The van der Waals surface area contributed by atoms with Crippen molar-refractivity contribution >= 4 is 11.9 Å². The van der Waals surface area contributed by atoms with Gasteiger partial charge < -0.3 is 21.1 Å². The minimum atomic E-state index is -0.526. The Morgan fingerprint density at radius 2 is 1.82 bits per heavy atom. The molecule has 1 amide bonds. The molecule has 6 heteroatoms. The monoisotopic (exact) mass is 382 g/mol. The van der Waals surface area contributed by atoms with E-state index in [0.29, 0.717) is 31.0 Å². The smallest absolute Gasteiger partial charge is 0.251 e. The first-order chi connectivity index (χ1) is 13.6. The van der Waals surface area contributed by atoms with Crippen LogP contribution in [0.3, 0.4) is 0 Å². The number of rotatable bonds is 9. The number of aliphatic imine (C=N–C) groups is 1. The summed E-state index contributed by atoms with van der Waals surface area (Å²) in [6.07, 6.45) is 0.819. The van der Waals surface area contributed by atoms with Crippen LogP contribution in [0.15, 0.2) is 59.6 Å². The van der Waals surface area contributed by atoms with Gasteiger partial charge in [0.2, 0.25) is 0 Å². The summed E-state index contributed by atoms with van der Waals surface area (Å²) in [7, 11) is 1.63. The molecule has 6 nitrogen and oxygen atoms in total. The van der Waals surface area contributed by atoms with Crippen LogP contribution in [-0.2, 0) is 12.8 Å². The molecule has 0 saturated carbocycles. The van der Waals surface area contributed by atoms with Crippen molar-refractivity contribution in [1.82, 2.24) is 16.0 Å². The van der Waals surface area contributed by atoms with Crippen molar-refractivity contribution in [3.05, 3.63) is 71.3 Å². The van der Waals surface area contributed by atoms with Crippen LogP contribution in [0, 0.1) is 0 Å². The van der Waals surface area contributed by atoms with Crippen molar-refractivity contribution in [1.29, 1.82) is 0 Å². The number of carbonyl (C=O) groups excluding carboxylic acids is 1. The Labute approximate surface area is 167 Å². The third-order valence-corrected chi connectivity index (χ3v) is 4.24. The van der Waals surface area contributed by atoms with Gasteiger partial charge in [-0.1, -0.05) is 42.5 Å². The number of nitrogens with one attached hydrogen (secondary N) is 3. The van der Waals surface area contributed by atoms with E-state index in [2.05, 4.69) is 20.9 Å². The van der Waals surface area contributed by atoms with Gasteiger partial charge >= 0.3 is 0 Å². The van der Waals surface area contributed by atoms with Gasteiger partial charge in [0, 0.05) is 32.1 Å². The number of aliphatic hydroxyl groups excluding tert-OH is 1. The summed E-state index contributed by atoms with van der Waals surface area (Å²) in [5.41, 5.74) is 2.83. The number of carbonyl (C=O) groups is 1. The van der Waals surface area contributed by atoms with Crippen molar-refractivity contribution in [2.45, 2.75) is 25.9 Å². The fraction of sp³-hybridized carbons (Fsp3) is 0.364. The van der Waals surface area contributed by atoms with Gasteiger partial charge in [-0.25, -0.2) is 0 Å². The Kier molecular flexibility index (Phi) is 9.01. The van der Waals surface area contributed by atoms with Crippen LogP contribution >= 0.6 is 0 Å². The molecule has 150 valence electrons. The zero-order valence-corrected chi connectivity index (χ0v) is 16.6. The highest BCUT2D eigenvalue weighted by Gasteiger charge is 2.07. The first-order valence-electron chi connectivity index (χ1n) is 9.67. The average molecular weight is 383 g/mol. The number of aliphatic hydroxyl groups is 1. The van der Waals surface area contributed by atoms with Crippen LogP contribution in [0.2, 0.25) is 0 Å². The predicted octanol–water partition coefficient (Wildman–Crippen LogP) is 1.75. The molecular formula is C22H30N4O2. The molecule has 1 atom stereocenters. The number of hydrogen-bond acceptors (Lipinski definition) is 3. The van der Waals surface area contributed by atoms with Crippen molar-refractivity contribution in [2.75, 3.05) is 26.7 Å². The largest absolute Gasteiger partial charge is 0.391 e. The van der Waals surface area contributed by atoms with Crippen LogP contribution in [0.5, 0.6) is 0 Å². The van der Waals surface area contributed by atoms with Gasteiger partial charge in [-0.15, -0.1) is 0 Å². The molecule has 2 aromatic carbocycles. The van der Waals surface area contributed by atoms with Crippen LogP contribution in [0.4, 0.5) is 0 Å². The van der Waals surface area contributed by atoms with Crippen LogP contribution in [-0.4, -0.2) is 49.8 Å². The van der Waals surface area contributed by atoms with Crippen LogP contribution < -0.4 is 16.0 Å². The molecular weight excluding hydrogens is 352 g/mol. The number of amides is 1. The Morgan fingerprint density at radius 1 is 1.07 bits per heavy atom. The second-order valence-corrected chi connectivity index (χ2v) is 6.52. The van der Waals surface area contributed by atoms with E-state index in [-0.39, 0.29) is 5.91 Å². The molecule has 0 fully saturated rings. The lowest BCUT2D eigenvalue weighted by atomic mass is 10.1. The fourth-order valence-corrected chi connectivity index (χ4v) is 2.83. The van der Waals surface area contributed by atoms with Crippen molar-refractivity contribution in [3.63, 3.8) is 0 Å². The van der Waals surface area contributed by atoms with Crippen molar-refractivity contribution < 1.29 is 9.90 Å². The molecule has 0 spiro atoms. The first-order valence-corrected chi connectivity index (χ1v) is 9.67. The summed E-state index contributed by atoms with van der Waals surface area (Å²) < 4.78 is 0. The summed E-state index contributed by atoms with van der Waals surface area (Å²) in [5.74, 6) is 0.592. The molecule has 2 rings (SSSR count). The Hall–Kier alpha value is -2.86. The molecule has 2 aromatic rings. The highest BCUT2D eigenvalue weighted by atomic mass is 16.3. The zero-order valence-electron chi connectivity index (χ0n) is 16.6. The van der Waals surface area contributed by atoms with E-state index in [4.69, 9.17) is 0 Å². The summed E-state index contributed by atoms with van der Waals surface area (Å²) in [6, 6.07) is 17.5. The van der Waals surface area contributed by atoms with Crippen molar-refractivity contribution in [3.8, 4) is 0 Å². The van der Waals surface area contributed by atoms with E-state index in [9.17, 15) is 9.90 Å². The summed E-state index contributed by atoms with van der Waals surface area (Å²) in [4.78, 5) is 16.2. The van der Waals surface area contributed by atoms with E-state index >= 15 is 0 Å². The molecule has 0 bridgehead atoms. The summed E-state index contributed by atoms with van der Waals surface area (Å²) >= 11 is 0. The molecule has 0 aliphatic carbocycles. The van der Waals surface area contributed by atoms with Gasteiger partial charge in [0.05, 0.1) is 12.6 Å². The number of nitrogens with zero attached hydrogens (tertiary/aromatic N) is 1. The topological polar surface area (TPSA) is 85.8 Å². The van der Waals surface area contributed by atoms with E-state index in [1.807, 2.05) is 55.5 Å². The molecule has 0 aromatic heterocycles. The standard InChI is InChI=1S/C22H30N4O2/c1-3-24-22(26-16-20(27)15-17-8-5-4-6-9-17)25-13-12-18-10-7-11-19(14-18)21(28)23-2/h4-11,14,20,27H,3,12-13,15-16H2,1-2H3,(H,23,28)(H2,24,25,26). The third-order valence-electron chi connectivity index (χ3n) is 4.24. The Bertz CT molecular complexity index is 762. The molecule has 0 heterocycles. The lowest BCUT2D eigenvalue weighted by Gasteiger charge is -2.13. The molecule has 0 saturated heterocycles. The molecule has 4 N–H and O–H groups in total. The van der Waals surface area contributed by atoms with Crippen LogP contribution in [0.1, 0.15) is 28.4 Å². The summed E-state index contributed by atoms with van der Waals surface area (Å²) in [5, 5.41) is 19.3. The van der Waals surface area contributed by atoms with E-state index in [1.165, 1.54) is 0 Å². The maximum absolute atomic E-state index is 11.7.